The number of para-hydroxylation sites is 1. The van der Waals surface area contributed by atoms with Crippen LogP contribution in [-0.2, 0) is 28.0 Å². The molecule has 0 spiro atoms. The molecule has 4 rings (SSSR count). The minimum Gasteiger partial charge on any atom is -0.458 e. The van der Waals surface area contributed by atoms with Crippen molar-refractivity contribution in [3.63, 3.8) is 0 Å². The highest BCUT2D eigenvalue weighted by Gasteiger charge is 2.42. The smallest absolute Gasteiger partial charge is 0.458 e. The molecule has 1 unspecified atom stereocenters. The molecule has 1 amide bonds. The molecule has 2 aromatic carbocycles. The van der Waals surface area contributed by atoms with Crippen molar-refractivity contribution >= 4 is 28.3 Å². The van der Waals surface area contributed by atoms with Gasteiger partial charge >= 0.3 is 18.0 Å². The molecule has 10 nitrogen and oxygen atoms in total. The number of aromatic nitrogens is 5. The van der Waals surface area contributed by atoms with E-state index in [1.54, 1.807) is 43.4 Å². The zero-order valence-corrected chi connectivity index (χ0v) is 19.0. The fourth-order valence-electron chi connectivity index (χ4n) is 3.03. The topological polar surface area (TPSA) is 121 Å². The Morgan fingerprint density at radius 2 is 1.80 bits per heavy atom. The number of thiazole rings is 1. The highest BCUT2D eigenvalue weighted by molar-refractivity contribution is 7.13. The Balaban J connectivity index is 1.39. The molecule has 0 saturated carbocycles. The van der Waals surface area contributed by atoms with Crippen molar-refractivity contribution in [3.8, 4) is 5.75 Å². The number of carbonyl (C=O) groups is 2. The first kappa shape index (κ1) is 23.9. The number of anilines is 1. The van der Waals surface area contributed by atoms with Crippen LogP contribution in [0.2, 0.25) is 0 Å². The summed E-state index contributed by atoms with van der Waals surface area (Å²) in [5.41, 5.74) is 0.885. The largest absolute Gasteiger partial charge is 0.482 e. The van der Waals surface area contributed by atoms with Crippen molar-refractivity contribution in [2.24, 2.45) is 7.05 Å². The SMILES string of the molecule is Cn1nnnc1C(C(=O)OCc1csc(NC(=O)C(F)(F)Oc2ccccc2)n1)c1ccccc1. The molecule has 13 heteroatoms. The number of rotatable bonds is 9. The molecule has 180 valence electrons. The normalized spacial score (nSPS) is 12.1. The first-order chi connectivity index (χ1) is 16.8. The summed E-state index contributed by atoms with van der Waals surface area (Å²) in [6.07, 6.45) is -4.12. The van der Waals surface area contributed by atoms with Crippen LogP contribution in [0.4, 0.5) is 13.9 Å². The summed E-state index contributed by atoms with van der Waals surface area (Å²) in [6.45, 7) is -0.253. The molecular formula is C22H18F2N6O4S. The molecule has 0 fully saturated rings. The van der Waals surface area contributed by atoms with Crippen LogP contribution in [0, 0.1) is 0 Å². The Labute approximate surface area is 201 Å². The van der Waals surface area contributed by atoms with Gasteiger partial charge in [0.1, 0.15) is 18.3 Å². The van der Waals surface area contributed by atoms with Crippen LogP contribution >= 0.6 is 11.3 Å². The molecule has 0 aliphatic rings. The van der Waals surface area contributed by atoms with Gasteiger partial charge in [0, 0.05) is 12.4 Å². The van der Waals surface area contributed by atoms with Crippen molar-refractivity contribution in [2.45, 2.75) is 18.6 Å². The van der Waals surface area contributed by atoms with Crippen molar-refractivity contribution < 1.29 is 27.8 Å². The maximum atomic E-state index is 14.1. The van der Waals surface area contributed by atoms with Crippen LogP contribution in [-0.4, -0.2) is 43.2 Å². The Bertz CT molecular complexity index is 1300. The molecule has 4 aromatic rings. The number of amides is 1. The van der Waals surface area contributed by atoms with Crippen LogP contribution in [0.15, 0.2) is 66.0 Å². The number of ether oxygens (including phenoxy) is 2. The van der Waals surface area contributed by atoms with Gasteiger partial charge in [0.2, 0.25) is 0 Å². The second-order valence-electron chi connectivity index (χ2n) is 7.14. The zero-order valence-electron chi connectivity index (χ0n) is 18.2. The van der Waals surface area contributed by atoms with E-state index in [9.17, 15) is 18.4 Å². The number of nitrogens with zero attached hydrogens (tertiary/aromatic N) is 5. The number of halogens is 2. The van der Waals surface area contributed by atoms with Crippen LogP contribution in [0.5, 0.6) is 5.75 Å². The lowest BCUT2D eigenvalue weighted by Gasteiger charge is -2.16. The fourth-order valence-corrected chi connectivity index (χ4v) is 3.72. The molecular weight excluding hydrogens is 482 g/mol. The average molecular weight is 500 g/mol. The van der Waals surface area contributed by atoms with Gasteiger partial charge < -0.3 is 9.47 Å². The number of alkyl halides is 2. The van der Waals surface area contributed by atoms with Gasteiger partial charge in [-0.25, -0.2) is 9.67 Å². The van der Waals surface area contributed by atoms with Gasteiger partial charge in [-0.05, 0) is 28.1 Å². The minimum absolute atomic E-state index is 0.102. The molecule has 0 bridgehead atoms. The van der Waals surface area contributed by atoms with Crippen LogP contribution in [0.3, 0.4) is 0 Å². The lowest BCUT2D eigenvalue weighted by molar-refractivity contribution is -0.187. The predicted molar refractivity (Wildman–Crippen MR) is 120 cm³/mol. The third-order valence-corrected chi connectivity index (χ3v) is 5.47. The van der Waals surface area contributed by atoms with Gasteiger partial charge in [0.15, 0.2) is 11.0 Å². The van der Waals surface area contributed by atoms with E-state index in [1.807, 2.05) is 5.32 Å². The summed E-state index contributed by atoms with van der Waals surface area (Å²) in [7, 11) is 1.60. The van der Waals surface area contributed by atoms with Gasteiger partial charge in [-0.15, -0.1) is 16.4 Å². The molecule has 0 aliphatic carbocycles. The zero-order chi connectivity index (χ0) is 24.8. The summed E-state index contributed by atoms with van der Waals surface area (Å²) in [5.74, 6) is -3.07. The molecule has 2 heterocycles. The van der Waals surface area contributed by atoms with Crippen LogP contribution in [0.25, 0.3) is 0 Å². The van der Waals surface area contributed by atoms with Crippen LogP contribution in [0.1, 0.15) is 23.0 Å². The van der Waals surface area contributed by atoms with Crippen molar-refractivity contribution in [2.75, 3.05) is 5.32 Å². The number of hydrogen-bond donors (Lipinski definition) is 1. The molecule has 35 heavy (non-hydrogen) atoms. The summed E-state index contributed by atoms with van der Waals surface area (Å²) < 4.78 is 39.5. The summed E-state index contributed by atoms with van der Waals surface area (Å²) in [6, 6.07) is 16.1. The number of hydrogen-bond acceptors (Lipinski definition) is 9. The summed E-state index contributed by atoms with van der Waals surface area (Å²) in [5, 5.41) is 14.6. The molecule has 2 aromatic heterocycles. The summed E-state index contributed by atoms with van der Waals surface area (Å²) >= 11 is 0.897. The Hall–Kier alpha value is -4.26. The number of carbonyl (C=O) groups excluding carboxylic acids is 2. The fraction of sp³-hybridized carbons (Fsp3) is 0.182. The number of nitrogens with one attached hydrogen (secondary N) is 1. The van der Waals surface area contributed by atoms with E-state index in [4.69, 9.17) is 4.74 Å². The predicted octanol–water partition coefficient (Wildman–Crippen LogP) is 3.15. The first-order valence-corrected chi connectivity index (χ1v) is 11.0. The number of benzene rings is 2. The average Bonchev–Trinajstić information content (AvgIpc) is 3.48. The first-order valence-electron chi connectivity index (χ1n) is 10.1. The van der Waals surface area contributed by atoms with Gasteiger partial charge in [-0.2, -0.15) is 8.78 Å². The van der Waals surface area contributed by atoms with E-state index >= 15 is 0 Å². The Kier molecular flexibility index (Phi) is 7.06. The third kappa shape index (κ3) is 5.81. The van der Waals surface area contributed by atoms with E-state index in [2.05, 4.69) is 25.2 Å². The van der Waals surface area contributed by atoms with Gasteiger partial charge in [0.05, 0.1) is 5.69 Å². The Morgan fingerprint density at radius 1 is 1.11 bits per heavy atom. The number of aryl methyl sites for hydroxylation is 1. The molecule has 0 saturated heterocycles. The highest BCUT2D eigenvalue weighted by Crippen LogP contribution is 2.26. The van der Waals surface area contributed by atoms with Gasteiger partial charge in [-0.1, -0.05) is 48.5 Å². The van der Waals surface area contributed by atoms with Gasteiger partial charge in [0.25, 0.3) is 0 Å². The monoisotopic (exact) mass is 500 g/mol. The van der Waals surface area contributed by atoms with Crippen molar-refractivity contribution in [3.05, 3.63) is 83.1 Å². The van der Waals surface area contributed by atoms with Gasteiger partial charge in [-0.3, -0.25) is 14.9 Å². The molecule has 0 radical (unpaired) electrons. The molecule has 1 N–H and O–H groups in total. The molecule has 0 aliphatic heterocycles. The lowest BCUT2D eigenvalue weighted by Crippen LogP contribution is -2.39. The lowest BCUT2D eigenvalue weighted by atomic mass is 9.98. The standard InChI is InChI=1S/C22H18F2N6O4S/c1-30-18(27-28-29-30)17(14-8-4-2-5-9-14)19(31)33-12-15-13-35-21(25-15)26-20(32)22(23,24)34-16-10-6-3-7-11-16/h2-11,13,17H,12H2,1H3,(H,25,26,32). The number of esters is 1. The second kappa shape index (κ2) is 10.3. The maximum Gasteiger partial charge on any atom is 0.482 e. The van der Waals surface area contributed by atoms with E-state index in [1.165, 1.54) is 34.3 Å². The van der Waals surface area contributed by atoms with Crippen LogP contribution < -0.4 is 10.1 Å². The van der Waals surface area contributed by atoms with Crippen molar-refractivity contribution in [1.82, 2.24) is 25.2 Å². The second-order valence-corrected chi connectivity index (χ2v) is 8.00. The van der Waals surface area contributed by atoms with E-state index < -0.39 is 23.9 Å². The van der Waals surface area contributed by atoms with E-state index in [0.29, 0.717) is 5.56 Å². The molecule has 1 atom stereocenters. The summed E-state index contributed by atoms with van der Waals surface area (Å²) in [4.78, 5) is 28.9. The van der Waals surface area contributed by atoms with Crippen molar-refractivity contribution in [1.29, 1.82) is 0 Å². The minimum atomic E-state index is -4.12. The third-order valence-electron chi connectivity index (χ3n) is 4.67. The number of tetrazole rings is 1. The Morgan fingerprint density at radius 3 is 2.46 bits per heavy atom. The highest BCUT2D eigenvalue weighted by atomic mass is 32.1. The maximum absolute atomic E-state index is 14.1. The van der Waals surface area contributed by atoms with E-state index in [-0.39, 0.29) is 29.0 Å². The quantitative estimate of drug-likeness (QED) is 0.348. The van der Waals surface area contributed by atoms with E-state index in [0.717, 1.165) is 11.3 Å².